The van der Waals surface area contributed by atoms with E-state index >= 15 is 0 Å². The van der Waals surface area contributed by atoms with Crippen LogP contribution in [0.5, 0.6) is 5.88 Å². The topological polar surface area (TPSA) is 102 Å². The largest absolute Gasteiger partial charge is 0.480 e. The van der Waals surface area contributed by atoms with Gasteiger partial charge in [-0.15, -0.1) is 10.2 Å². The molecule has 180 valence electrons. The number of alkyl halides is 3. The number of hydrogen-bond donors (Lipinski definition) is 1. The summed E-state index contributed by atoms with van der Waals surface area (Å²) in [5.41, 5.74) is 1.87. The minimum atomic E-state index is -4.48. The summed E-state index contributed by atoms with van der Waals surface area (Å²) in [7, 11) is 3.11. The van der Waals surface area contributed by atoms with Crippen molar-refractivity contribution in [2.45, 2.75) is 26.1 Å². The van der Waals surface area contributed by atoms with E-state index in [-0.39, 0.29) is 18.0 Å². The molecule has 1 aromatic carbocycles. The molecule has 34 heavy (non-hydrogen) atoms. The Hall–Kier alpha value is -3.96. The molecule has 0 aliphatic rings. The second kappa shape index (κ2) is 10.3. The third kappa shape index (κ3) is 5.88. The molecule has 12 heteroatoms. The zero-order chi connectivity index (χ0) is 24.9. The van der Waals surface area contributed by atoms with Gasteiger partial charge in [0.2, 0.25) is 5.88 Å². The Morgan fingerprint density at radius 2 is 1.82 bits per heavy atom. The molecule has 0 aliphatic heterocycles. The van der Waals surface area contributed by atoms with Crippen LogP contribution < -0.4 is 10.1 Å². The van der Waals surface area contributed by atoms with E-state index in [0.717, 1.165) is 0 Å². The first kappa shape index (κ1) is 24.7. The Bertz CT molecular complexity index is 1140. The van der Waals surface area contributed by atoms with Gasteiger partial charge in [0.05, 0.1) is 24.6 Å². The van der Waals surface area contributed by atoms with Crippen molar-refractivity contribution in [3.8, 4) is 11.7 Å². The van der Waals surface area contributed by atoms with Gasteiger partial charge in [-0.25, -0.2) is 4.68 Å². The summed E-state index contributed by atoms with van der Waals surface area (Å²) in [5, 5.41) is 14.1. The minimum absolute atomic E-state index is 0.0946. The third-order valence-electron chi connectivity index (χ3n) is 4.92. The number of hydrogen-bond acceptors (Lipinski definition) is 6. The summed E-state index contributed by atoms with van der Waals surface area (Å²) in [6, 6.07) is 9.33. The highest BCUT2D eigenvalue weighted by atomic mass is 19.4. The van der Waals surface area contributed by atoms with Gasteiger partial charge in [0, 0.05) is 25.2 Å². The molecule has 0 unspecified atom stereocenters. The molecule has 0 aliphatic carbocycles. The van der Waals surface area contributed by atoms with Crippen LogP contribution in [0, 0.1) is 0 Å². The second-order valence-corrected chi connectivity index (χ2v) is 7.36. The Labute approximate surface area is 193 Å². The van der Waals surface area contributed by atoms with Gasteiger partial charge in [0.25, 0.3) is 11.8 Å². The van der Waals surface area contributed by atoms with Crippen LogP contribution >= 0.6 is 0 Å². The maximum Gasteiger partial charge on any atom is 0.405 e. The highest BCUT2D eigenvalue weighted by molar-refractivity contribution is 5.95. The van der Waals surface area contributed by atoms with Crippen molar-refractivity contribution >= 4 is 11.8 Å². The lowest BCUT2D eigenvalue weighted by atomic mass is 10.1. The molecule has 0 saturated heterocycles. The summed E-state index contributed by atoms with van der Waals surface area (Å²) in [5.74, 6) is -0.293. The van der Waals surface area contributed by atoms with E-state index in [2.05, 4.69) is 15.3 Å². The number of carbonyl (C=O) groups excluding carboxylic acids is 2. The van der Waals surface area contributed by atoms with Crippen molar-refractivity contribution in [2.24, 2.45) is 0 Å². The third-order valence-corrected chi connectivity index (χ3v) is 4.92. The fourth-order valence-corrected chi connectivity index (χ4v) is 3.22. The average molecular weight is 476 g/mol. The molecule has 0 bridgehead atoms. The molecule has 0 radical (unpaired) electrons. The second-order valence-electron chi connectivity index (χ2n) is 7.36. The predicted octanol–water partition coefficient (Wildman–Crippen LogP) is 2.80. The van der Waals surface area contributed by atoms with E-state index in [4.69, 9.17) is 4.74 Å². The van der Waals surface area contributed by atoms with Gasteiger partial charge < -0.3 is 15.0 Å². The zero-order valence-corrected chi connectivity index (χ0v) is 18.8. The fraction of sp³-hybridized carbons (Fsp3) is 0.318. The monoisotopic (exact) mass is 476 g/mol. The molecule has 0 saturated carbocycles. The number of benzene rings is 1. The Balaban J connectivity index is 1.70. The molecule has 0 atom stereocenters. The van der Waals surface area contributed by atoms with Crippen LogP contribution in [-0.4, -0.2) is 63.6 Å². The first-order valence-electron chi connectivity index (χ1n) is 10.3. The van der Waals surface area contributed by atoms with Crippen LogP contribution in [0.2, 0.25) is 0 Å². The molecule has 9 nitrogen and oxygen atoms in total. The Morgan fingerprint density at radius 3 is 2.38 bits per heavy atom. The maximum absolute atomic E-state index is 13.1. The predicted molar refractivity (Wildman–Crippen MR) is 116 cm³/mol. The van der Waals surface area contributed by atoms with Gasteiger partial charge in [-0.2, -0.15) is 18.3 Å². The molecule has 2 heterocycles. The number of nitrogens with zero attached hydrogens (tertiary/aromatic N) is 5. The van der Waals surface area contributed by atoms with Gasteiger partial charge in [-0.3, -0.25) is 9.59 Å². The van der Waals surface area contributed by atoms with Crippen molar-refractivity contribution in [3.05, 3.63) is 65.0 Å². The lowest BCUT2D eigenvalue weighted by molar-refractivity contribution is -0.123. The highest BCUT2D eigenvalue weighted by Gasteiger charge is 2.28. The van der Waals surface area contributed by atoms with Gasteiger partial charge in [-0.05, 0) is 30.2 Å². The molecular weight excluding hydrogens is 453 g/mol. The van der Waals surface area contributed by atoms with Gasteiger partial charge >= 0.3 is 6.18 Å². The van der Waals surface area contributed by atoms with Crippen LogP contribution in [0.1, 0.15) is 38.9 Å². The fourth-order valence-electron chi connectivity index (χ4n) is 3.22. The first-order chi connectivity index (χ1) is 16.1. The number of ether oxygens (including phenoxy) is 1. The highest BCUT2D eigenvalue weighted by Crippen LogP contribution is 2.18. The molecular formula is C22H23F3N6O3. The summed E-state index contributed by atoms with van der Waals surface area (Å²) in [6.45, 7) is 0.712. The summed E-state index contributed by atoms with van der Waals surface area (Å²) in [4.78, 5) is 26.4. The number of carbonyl (C=O) groups is 2. The number of methoxy groups -OCH3 is 1. The van der Waals surface area contributed by atoms with Crippen LogP contribution in [0.15, 0.2) is 42.6 Å². The lowest BCUT2D eigenvalue weighted by Crippen LogP contribution is -2.33. The molecule has 0 fully saturated rings. The van der Waals surface area contributed by atoms with Crippen molar-refractivity contribution in [1.29, 1.82) is 0 Å². The van der Waals surface area contributed by atoms with E-state index in [0.29, 0.717) is 34.9 Å². The minimum Gasteiger partial charge on any atom is -0.480 e. The van der Waals surface area contributed by atoms with Gasteiger partial charge in [0.15, 0.2) is 5.82 Å². The number of amides is 2. The maximum atomic E-state index is 13.1. The average Bonchev–Trinajstić information content (AvgIpc) is 3.26. The SMILES string of the molecule is CCc1c(C(=O)N(C)Cc2ccc(C(=O)NCC(F)(F)F)cc2)cnn1-c1ccc(OC)nn1. The number of rotatable bonds is 8. The van der Waals surface area contributed by atoms with E-state index in [1.165, 1.54) is 30.3 Å². The van der Waals surface area contributed by atoms with E-state index in [1.807, 2.05) is 12.2 Å². The molecule has 2 aromatic heterocycles. The van der Waals surface area contributed by atoms with Crippen molar-refractivity contribution in [1.82, 2.24) is 30.2 Å². The van der Waals surface area contributed by atoms with E-state index in [1.54, 1.807) is 36.0 Å². The van der Waals surface area contributed by atoms with Gasteiger partial charge in [-0.1, -0.05) is 19.1 Å². The molecule has 0 spiro atoms. The molecule has 1 N–H and O–H groups in total. The van der Waals surface area contributed by atoms with Crippen molar-refractivity contribution in [2.75, 3.05) is 20.7 Å². The first-order valence-corrected chi connectivity index (χ1v) is 10.3. The Morgan fingerprint density at radius 1 is 1.12 bits per heavy atom. The van der Waals surface area contributed by atoms with Crippen molar-refractivity contribution in [3.63, 3.8) is 0 Å². The van der Waals surface area contributed by atoms with Crippen molar-refractivity contribution < 1.29 is 27.5 Å². The molecule has 2 amide bonds. The van der Waals surface area contributed by atoms with Crippen LogP contribution in [0.4, 0.5) is 13.2 Å². The zero-order valence-electron chi connectivity index (χ0n) is 18.8. The molecule has 3 aromatic rings. The summed E-state index contributed by atoms with van der Waals surface area (Å²) >= 11 is 0. The smallest absolute Gasteiger partial charge is 0.405 e. The van der Waals surface area contributed by atoms with Gasteiger partial charge in [0.1, 0.15) is 6.54 Å². The van der Waals surface area contributed by atoms with Crippen LogP contribution in [-0.2, 0) is 13.0 Å². The van der Waals surface area contributed by atoms with E-state index in [9.17, 15) is 22.8 Å². The summed E-state index contributed by atoms with van der Waals surface area (Å²) in [6.07, 6.45) is -2.49. The quantitative estimate of drug-likeness (QED) is 0.537. The summed E-state index contributed by atoms with van der Waals surface area (Å²) < 4.78 is 43.4. The number of nitrogens with one attached hydrogen (secondary N) is 1. The Kier molecular flexibility index (Phi) is 7.49. The normalized spacial score (nSPS) is 11.2. The number of aromatic nitrogens is 4. The lowest BCUT2D eigenvalue weighted by Gasteiger charge is -2.18. The standard InChI is InChI=1S/C22H23F3N6O3/c1-4-17-16(11-27-31(17)18-9-10-19(34-3)29-28-18)21(33)30(2)12-14-5-7-15(8-6-14)20(32)26-13-22(23,24)25/h5-11H,4,12-13H2,1-3H3,(H,26,32). The van der Waals surface area contributed by atoms with E-state index < -0.39 is 18.6 Å². The van der Waals surface area contributed by atoms with Crippen LogP contribution in [0.25, 0.3) is 5.82 Å². The number of halogens is 3. The molecule has 3 rings (SSSR count). The van der Waals surface area contributed by atoms with Crippen LogP contribution in [0.3, 0.4) is 0 Å².